The van der Waals surface area contributed by atoms with Crippen molar-refractivity contribution in [3.8, 4) is 5.75 Å². The molecular weight excluding hydrogens is 332 g/mol. The number of piperazine rings is 1. The van der Waals surface area contributed by atoms with Crippen LogP contribution in [-0.4, -0.2) is 70.5 Å². The van der Waals surface area contributed by atoms with Gasteiger partial charge >= 0.3 is 0 Å². The van der Waals surface area contributed by atoms with Crippen molar-refractivity contribution < 1.29 is 14.5 Å². The summed E-state index contributed by atoms with van der Waals surface area (Å²) in [6.07, 6.45) is 1.15. The van der Waals surface area contributed by atoms with Gasteiger partial charge in [0.25, 0.3) is 0 Å². The molecule has 1 aromatic rings. The minimum absolute atomic E-state index is 0.918. The summed E-state index contributed by atoms with van der Waals surface area (Å²) in [6, 6.07) is 6.43. The quantitative estimate of drug-likeness (QED) is 0.432. The number of benzene rings is 1. The Balaban J connectivity index is 1.76. The Morgan fingerprint density at radius 3 is 2.68 bits per heavy atom. The zero-order chi connectivity index (χ0) is 18.2. The average molecular weight is 367 g/mol. The topological polar surface area (TPSA) is 33.4 Å². The Hall–Kier alpha value is -1.37. The maximum Gasteiger partial charge on any atom is 0.169 e. The van der Waals surface area contributed by atoms with Crippen LogP contribution in [0.25, 0.3) is 0 Å². The predicted octanol–water partition coefficient (Wildman–Crippen LogP) is -0.887. The Labute approximate surface area is 157 Å². The van der Waals surface area contributed by atoms with Crippen LogP contribution in [0.15, 0.2) is 18.2 Å². The third kappa shape index (κ3) is 6.45. The van der Waals surface area contributed by atoms with Gasteiger partial charge in [0, 0.05) is 18.5 Å². The van der Waals surface area contributed by atoms with E-state index in [9.17, 15) is 0 Å². The predicted molar refractivity (Wildman–Crippen MR) is 107 cm³/mol. The summed E-state index contributed by atoms with van der Waals surface area (Å²) >= 11 is 5.56. The molecule has 1 heterocycles. The Morgan fingerprint density at radius 2 is 2.04 bits per heavy atom. The van der Waals surface area contributed by atoms with Crippen LogP contribution >= 0.6 is 12.2 Å². The van der Waals surface area contributed by atoms with Crippen molar-refractivity contribution in [2.24, 2.45) is 0 Å². The molecule has 6 heteroatoms. The first-order valence-electron chi connectivity index (χ1n) is 9.28. The molecule has 140 valence electrons. The Morgan fingerprint density at radius 1 is 1.32 bits per heavy atom. The van der Waals surface area contributed by atoms with Crippen LogP contribution in [0.1, 0.15) is 17.5 Å². The molecule has 1 fully saturated rings. The fourth-order valence-corrected chi connectivity index (χ4v) is 3.55. The van der Waals surface area contributed by atoms with Gasteiger partial charge < -0.3 is 24.8 Å². The number of quaternary nitrogens is 2. The van der Waals surface area contributed by atoms with E-state index in [1.54, 1.807) is 12.0 Å². The third-order valence-corrected chi connectivity index (χ3v) is 5.17. The normalized spacial score (nSPS) is 15.5. The standard InChI is InChI=1S/C19H32N4OS/c1-16-6-7-18(24-4)17(14-16)15-22-10-12-23(13-11-22)19(25)20-8-5-9-21(2)3/h6-7,14H,5,8-13,15H2,1-4H3,(H,20,25)/p+2. The highest BCUT2D eigenvalue weighted by Gasteiger charge is 2.22. The van der Waals surface area contributed by atoms with Crippen molar-refractivity contribution >= 4 is 17.3 Å². The number of hydrogen-bond donors (Lipinski definition) is 3. The lowest BCUT2D eigenvalue weighted by Crippen LogP contribution is -3.13. The number of rotatable bonds is 7. The molecule has 0 unspecified atom stereocenters. The summed E-state index contributed by atoms with van der Waals surface area (Å²) in [6.45, 7) is 9.57. The van der Waals surface area contributed by atoms with E-state index >= 15 is 0 Å². The van der Waals surface area contributed by atoms with Crippen molar-refractivity contribution in [3.63, 3.8) is 0 Å². The van der Waals surface area contributed by atoms with Gasteiger partial charge in [0.2, 0.25) is 0 Å². The molecule has 0 aromatic heterocycles. The summed E-state index contributed by atoms with van der Waals surface area (Å²) in [7, 11) is 6.12. The zero-order valence-corrected chi connectivity index (χ0v) is 17.0. The molecule has 0 bridgehead atoms. The minimum atomic E-state index is 0.918. The number of nitrogens with zero attached hydrogens (tertiary/aromatic N) is 1. The van der Waals surface area contributed by atoms with Gasteiger partial charge in [-0.1, -0.05) is 11.6 Å². The second-order valence-electron chi connectivity index (χ2n) is 7.27. The number of aryl methyl sites for hydroxylation is 1. The molecular formula is C19H34N4OS+2. The number of hydrogen-bond acceptors (Lipinski definition) is 2. The molecule has 0 amide bonds. The van der Waals surface area contributed by atoms with Gasteiger partial charge in [-0.15, -0.1) is 0 Å². The summed E-state index contributed by atoms with van der Waals surface area (Å²) < 4.78 is 5.52. The maximum absolute atomic E-state index is 5.56. The van der Waals surface area contributed by atoms with Gasteiger partial charge in [0.1, 0.15) is 12.3 Å². The zero-order valence-electron chi connectivity index (χ0n) is 16.2. The molecule has 0 saturated carbocycles. The lowest BCUT2D eigenvalue weighted by atomic mass is 10.1. The van der Waals surface area contributed by atoms with Crippen LogP contribution < -0.4 is 19.9 Å². The largest absolute Gasteiger partial charge is 0.496 e. The molecule has 0 spiro atoms. The monoisotopic (exact) mass is 366 g/mol. The molecule has 5 nitrogen and oxygen atoms in total. The van der Waals surface area contributed by atoms with E-state index < -0.39 is 0 Å². The Bertz CT molecular complexity index is 556. The molecule has 1 aliphatic rings. The van der Waals surface area contributed by atoms with Crippen molar-refractivity contribution in [2.45, 2.75) is 19.9 Å². The highest BCUT2D eigenvalue weighted by atomic mass is 32.1. The van der Waals surface area contributed by atoms with Crippen molar-refractivity contribution in [1.29, 1.82) is 0 Å². The van der Waals surface area contributed by atoms with Gasteiger partial charge in [0.05, 0.1) is 53.9 Å². The molecule has 1 aromatic carbocycles. The summed E-state index contributed by atoms with van der Waals surface area (Å²) in [4.78, 5) is 5.39. The summed E-state index contributed by atoms with van der Waals surface area (Å²) in [5, 5.41) is 4.33. The first-order valence-corrected chi connectivity index (χ1v) is 9.69. The first kappa shape index (κ1) is 19.9. The van der Waals surface area contributed by atoms with E-state index in [0.29, 0.717) is 0 Å². The van der Waals surface area contributed by atoms with Gasteiger partial charge in [0.15, 0.2) is 5.11 Å². The third-order valence-electron chi connectivity index (χ3n) is 4.76. The molecule has 1 saturated heterocycles. The number of ether oxygens (including phenoxy) is 1. The molecule has 25 heavy (non-hydrogen) atoms. The molecule has 3 N–H and O–H groups in total. The van der Waals surface area contributed by atoms with Crippen molar-refractivity contribution in [2.75, 3.05) is 60.5 Å². The van der Waals surface area contributed by atoms with Crippen LogP contribution in [-0.2, 0) is 6.54 Å². The smallest absolute Gasteiger partial charge is 0.169 e. The van der Waals surface area contributed by atoms with E-state index in [1.807, 2.05) is 0 Å². The number of methoxy groups -OCH3 is 1. The van der Waals surface area contributed by atoms with Gasteiger partial charge in [-0.05, 0) is 31.3 Å². The van der Waals surface area contributed by atoms with E-state index in [2.05, 4.69) is 49.4 Å². The van der Waals surface area contributed by atoms with Gasteiger partial charge in [-0.25, -0.2) is 0 Å². The van der Waals surface area contributed by atoms with Crippen LogP contribution in [0.2, 0.25) is 0 Å². The second kappa shape index (κ2) is 9.94. The van der Waals surface area contributed by atoms with Crippen molar-refractivity contribution in [3.05, 3.63) is 29.3 Å². The van der Waals surface area contributed by atoms with E-state index in [4.69, 9.17) is 17.0 Å². The first-order chi connectivity index (χ1) is 12.0. The molecule has 1 aliphatic heterocycles. The highest BCUT2D eigenvalue weighted by Crippen LogP contribution is 2.18. The van der Waals surface area contributed by atoms with Gasteiger partial charge in [-0.3, -0.25) is 0 Å². The summed E-state index contributed by atoms with van der Waals surface area (Å²) in [5.41, 5.74) is 2.59. The van der Waals surface area contributed by atoms with Crippen LogP contribution in [0.3, 0.4) is 0 Å². The second-order valence-corrected chi connectivity index (χ2v) is 7.66. The van der Waals surface area contributed by atoms with Crippen LogP contribution in [0.5, 0.6) is 5.75 Å². The van der Waals surface area contributed by atoms with E-state index in [0.717, 1.165) is 56.6 Å². The van der Waals surface area contributed by atoms with E-state index in [-0.39, 0.29) is 0 Å². The fourth-order valence-electron chi connectivity index (χ4n) is 3.27. The van der Waals surface area contributed by atoms with E-state index in [1.165, 1.54) is 22.6 Å². The summed E-state index contributed by atoms with van der Waals surface area (Å²) in [5.74, 6) is 1.00. The molecule has 0 atom stereocenters. The number of nitrogens with one attached hydrogen (secondary N) is 3. The Kier molecular flexibility index (Phi) is 7.93. The molecule has 0 aliphatic carbocycles. The number of thiocarbonyl (C=S) groups is 1. The van der Waals surface area contributed by atoms with Gasteiger partial charge in [-0.2, -0.15) is 0 Å². The van der Waals surface area contributed by atoms with Crippen LogP contribution in [0, 0.1) is 6.92 Å². The molecule has 2 rings (SSSR count). The van der Waals surface area contributed by atoms with Crippen LogP contribution in [0.4, 0.5) is 0 Å². The molecule has 0 radical (unpaired) electrons. The maximum atomic E-state index is 5.56. The average Bonchev–Trinajstić information content (AvgIpc) is 2.59. The van der Waals surface area contributed by atoms with Crippen molar-refractivity contribution in [1.82, 2.24) is 10.2 Å². The lowest BCUT2D eigenvalue weighted by Gasteiger charge is -2.34. The SMILES string of the molecule is COc1ccc(C)cc1C[NH+]1CCN(C(=S)NCCC[NH+](C)C)CC1. The lowest BCUT2D eigenvalue weighted by molar-refractivity contribution is -0.917. The minimum Gasteiger partial charge on any atom is -0.496 e. The highest BCUT2D eigenvalue weighted by molar-refractivity contribution is 7.80. The fraction of sp³-hybridized carbons (Fsp3) is 0.632.